The van der Waals surface area contributed by atoms with E-state index in [0.717, 1.165) is 26.1 Å². The van der Waals surface area contributed by atoms with Gasteiger partial charge >= 0.3 is 5.97 Å². The molecule has 0 aliphatic carbocycles. The molecule has 3 heteroatoms. The predicted octanol–water partition coefficient (Wildman–Crippen LogP) is 2.24. The number of carbonyl (C=O) groups excluding carboxylic acids is 1. The topological polar surface area (TPSA) is 29.5 Å². The number of carbonyl (C=O) groups is 1. The van der Waals surface area contributed by atoms with Crippen LogP contribution in [0.3, 0.4) is 0 Å². The number of hydrogen-bond donors (Lipinski definition) is 0. The van der Waals surface area contributed by atoms with Crippen molar-refractivity contribution in [2.45, 2.75) is 26.8 Å². The van der Waals surface area contributed by atoms with E-state index < -0.39 is 0 Å². The molecule has 1 aliphatic heterocycles. The highest BCUT2D eigenvalue weighted by Gasteiger charge is 2.21. The summed E-state index contributed by atoms with van der Waals surface area (Å²) in [5, 5.41) is 0. The Morgan fingerprint density at radius 2 is 2.11 bits per heavy atom. The largest absolute Gasteiger partial charge is 0.466 e. The second kappa shape index (κ2) is 6.01. The summed E-state index contributed by atoms with van der Waals surface area (Å²) in [6, 6.07) is 8.55. The van der Waals surface area contributed by atoms with Crippen LogP contribution in [0.15, 0.2) is 24.3 Å². The number of nitrogens with zero attached hydrogens (tertiary/aromatic N) is 1. The predicted molar refractivity (Wildman–Crippen MR) is 71.2 cm³/mol. The van der Waals surface area contributed by atoms with Gasteiger partial charge in [-0.05, 0) is 24.5 Å². The third-order valence-electron chi connectivity index (χ3n) is 3.43. The van der Waals surface area contributed by atoms with Crippen LogP contribution in [0.4, 0.5) is 0 Å². The lowest BCUT2D eigenvalue weighted by Crippen LogP contribution is -2.36. The molecule has 0 saturated carbocycles. The van der Waals surface area contributed by atoms with Gasteiger partial charge in [-0.25, -0.2) is 0 Å². The van der Waals surface area contributed by atoms with E-state index in [-0.39, 0.29) is 11.9 Å². The number of fused-ring (bicyclic) bond motifs is 1. The van der Waals surface area contributed by atoms with Crippen LogP contribution in [0.5, 0.6) is 0 Å². The van der Waals surface area contributed by atoms with E-state index in [1.807, 2.05) is 13.8 Å². The molecule has 0 spiro atoms. The Bertz CT molecular complexity index is 417. The molecular formula is C15H21NO2. The smallest absolute Gasteiger partial charge is 0.309 e. The van der Waals surface area contributed by atoms with Crippen LogP contribution in [-0.2, 0) is 22.5 Å². The number of ether oxygens (including phenoxy) is 1. The average Bonchev–Trinajstić information content (AvgIpc) is 2.39. The summed E-state index contributed by atoms with van der Waals surface area (Å²) in [6.45, 7) is 7.01. The Hall–Kier alpha value is -1.35. The van der Waals surface area contributed by atoms with Crippen molar-refractivity contribution >= 4 is 5.97 Å². The van der Waals surface area contributed by atoms with Crippen LogP contribution >= 0.6 is 0 Å². The van der Waals surface area contributed by atoms with E-state index in [4.69, 9.17) is 4.74 Å². The summed E-state index contributed by atoms with van der Waals surface area (Å²) in [6.07, 6.45) is 1.08. The fourth-order valence-corrected chi connectivity index (χ4v) is 2.46. The van der Waals surface area contributed by atoms with Gasteiger partial charge in [-0.1, -0.05) is 31.2 Å². The minimum Gasteiger partial charge on any atom is -0.466 e. The highest BCUT2D eigenvalue weighted by atomic mass is 16.5. The van der Waals surface area contributed by atoms with E-state index in [0.29, 0.717) is 6.61 Å². The Balaban J connectivity index is 1.91. The van der Waals surface area contributed by atoms with Gasteiger partial charge in [0.1, 0.15) is 0 Å². The van der Waals surface area contributed by atoms with Gasteiger partial charge in [-0.15, -0.1) is 0 Å². The van der Waals surface area contributed by atoms with Gasteiger partial charge in [0.25, 0.3) is 0 Å². The molecule has 1 unspecified atom stereocenters. The van der Waals surface area contributed by atoms with Crippen molar-refractivity contribution in [2.24, 2.45) is 5.92 Å². The lowest BCUT2D eigenvalue weighted by atomic mass is 9.99. The molecule has 3 nitrogen and oxygen atoms in total. The summed E-state index contributed by atoms with van der Waals surface area (Å²) < 4.78 is 5.05. The van der Waals surface area contributed by atoms with Crippen LogP contribution < -0.4 is 0 Å². The molecule has 98 valence electrons. The highest BCUT2D eigenvalue weighted by Crippen LogP contribution is 2.19. The van der Waals surface area contributed by atoms with Crippen molar-refractivity contribution in [1.82, 2.24) is 4.90 Å². The number of esters is 1. The van der Waals surface area contributed by atoms with E-state index in [2.05, 4.69) is 29.2 Å². The van der Waals surface area contributed by atoms with Gasteiger partial charge in [-0.3, -0.25) is 9.69 Å². The molecule has 0 bridgehead atoms. The first-order valence-corrected chi connectivity index (χ1v) is 6.66. The Morgan fingerprint density at radius 3 is 2.83 bits per heavy atom. The first-order valence-electron chi connectivity index (χ1n) is 6.66. The number of rotatable bonds is 4. The van der Waals surface area contributed by atoms with Gasteiger partial charge in [0.15, 0.2) is 0 Å². The molecule has 0 N–H and O–H groups in total. The standard InChI is InChI=1S/C15H21NO2/c1-3-18-15(17)12(2)10-16-9-8-13-6-4-5-7-14(13)11-16/h4-7,12H,3,8-11H2,1-2H3. The third-order valence-corrected chi connectivity index (χ3v) is 3.43. The summed E-state index contributed by atoms with van der Waals surface area (Å²) in [7, 11) is 0. The van der Waals surface area contributed by atoms with Crippen molar-refractivity contribution in [3.8, 4) is 0 Å². The van der Waals surface area contributed by atoms with Crippen molar-refractivity contribution in [3.05, 3.63) is 35.4 Å². The van der Waals surface area contributed by atoms with Gasteiger partial charge in [0.05, 0.1) is 12.5 Å². The Labute approximate surface area is 109 Å². The number of hydrogen-bond acceptors (Lipinski definition) is 3. The van der Waals surface area contributed by atoms with E-state index in [9.17, 15) is 4.79 Å². The molecule has 0 amide bonds. The van der Waals surface area contributed by atoms with Crippen molar-refractivity contribution < 1.29 is 9.53 Å². The van der Waals surface area contributed by atoms with Crippen LogP contribution in [0, 0.1) is 5.92 Å². The number of benzene rings is 1. The third kappa shape index (κ3) is 3.10. The molecule has 1 atom stereocenters. The minimum atomic E-state index is -0.0867. The Morgan fingerprint density at radius 1 is 1.39 bits per heavy atom. The SMILES string of the molecule is CCOC(=O)C(C)CN1CCc2ccccc2C1. The summed E-state index contributed by atoms with van der Waals surface area (Å²) in [5.41, 5.74) is 2.83. The maximum Gasteiger partial charge on any atom is 0.309 e. The summed E-state index contributed by atoms with van der Waals surface area (Å²) in [4.78, 5) is 14.0. The van der Waals surface area contributed by atoms with Gasteiger partial charge in [-0.2, -0.15) is 0 Å². The Kier molecular flexibility index (Phi) is 4.37. The first-order chi connectivity index (χ1) is 8.70. The van der Waals surface area contributed by atoms with E-state index >= 15 is 0 Å². The molecule has 18 heavy (non-hydrogen) atoms. The molecule has 1 aromatic rings. The summed E-state index contributed by atoms with van der Waals surface area (Å²) >= 11 is 0. The maximum absolute atomic E-state index is 11.6. The van der Waals surface area contributed by atoms with E-state index in [1.54, 1.807) is 0 Å². The zero-order valence-corrected chi connectivity index (χ0v) is 11.2. The molecule has 0 radical (unpaired) electrons. The second-order valence-electron chi connectivity index (χ2n) is 4.91. The van der Waals surface area contributed by atoms with Gasteiger partial charge < -0.3 is 4.74 Å². The molecule has 2 rings (SSSR count). The lowest BCUT2D eigenvalue weighted by Gasteiger charge is -2.30. The molecule has 1 heterocycles. The normalized spacial score (nSPS) is 17.0. The molecule has 1 aromatic carbocycles. The van der Waals surface area contributed by atoms with Gasteiger partial charge in [0, 0.05) is 19.6 Å². The van der Waals surface area contributed by atoms with Crippen LogP contribution in [0.2, 0.25) is 0 Å². The molecular weight excluding hydrogens is 226 g/mol. The quantitative estimate of drug-likeness (QED) is 0.764. The maximum atomic E-state index is 11.6. The zero-order valence-electron chi connectivity index (χ0n) is 11.2. The molecule has 0 fully saturated rings. The first kappa shape index (κ1) is 13.1. The molecule has 1 aliphatic rings. The molecule has 0 saturated heterocycles. The van der Waals surface area contributed by atoms with Crippen molar-refractivity contribution in [1.29, 1.82) is 0 Å². The monoisotopic (exact) mass is 247 g/mol. The van der Waals surface area contributed by atoms with Crippen molar-refractivity contribution in [3.63, 3.8) is 0 Å². The van der Waals surface area contributed by atoms with Gasteiger partial charge in [0.2, 0.25) is 0 Å². The lowest BCUT2D eigenvalue weighted by molar-refractivity contribution is -0.148. The second-order valence-corrected chi connectivity index (χ2v) is 4.91. The summed E-state index contributed by atoms with van der Waals surface area (Å²) in [5.74, 6) is -0.133. The zero-order chi connectivity index (χ0) is 13.0. The highest BCUT2D eigenvalue weighted by molar-refractivity contribution is 5.72. The van der Waals surface area contributed by atoms with Crippen LogP contribution in [0.25, 0.3) is 0 Å². The van der Waals surface area contributed by atoms with E-state index in [1.165, 1.54) is 11.1 Å². The molecule has 0 aromatic heterocycles. The average molecular weight is 247 g/mol. The van der Waals surface area contributed by atoms with Crippen LogP contribution in [0.1, 0.15) is 25.0 Å². The van der Waals surface area contributed by atoms with Crippen molar-refractivity contribution in [2.75, 3.05) is 19.7 Å². The fourth-order valence-electron chi connectivity index (χ4n) is 2.46. The fraction of sp³-hybridized carbons (Fsp3) is 0.533. The van der Waals surface area contributed by atoms with Crippen LogP contribution in [-0.4, -0.2) is 30.6 Å². The minimum absolute atomic E-state index is 0.0461.